The second kappa shape index (κ2) is 6.58. The van der Waals surface area contributed by atoms with Crippen LogP contribution < -0.4 is 10.2 Å². The number of hydrogen-bond acceptors (Lipinski definition) is 5. The summed E-state index contributed by atoms with van der Waals surface area (Å²) in [4.78, 5) is 14.9. The van der Waals surface area contributed by atoms with Crippen molar-refractivity contribution in [1.29, 1.82) is 0 Å². The predicted octanol–water partition coefficient (Wildman–Crippen LogP) is 3.50. The first-order valence-electron chi connectivity index (χ1n) is 6.85. The molecule has 0 spiro atoms. The molecular formula is C14H15BrClN5. The number of anilines is 2. The van der Waals surface area contributed by atoms with Gasteiger partial charge in [0, 0.05) is 24.1 Å². The lowest BCUT2D eigenvalue weighted by Crippen LogP contribution is -2.21. The van der Waals surface area contributed by atoms with E-state index in [-0.39, 0.29) is 5.28 Å². The molecule has 0 amide bonds. The second-order valence-electron chi connectivity index (χ2n) is 4.90. The van der Waals surface area contributed by atoms with E-state index in [1.807, 2.05) is 24.3 Å². The Kier molecular flexibility index (Phi) is 4.55. The number of benzene rings is 1. The largest absolute Gasteiger partial charge is 0.350 e. The maximum atomic E-state index is 6.00. The molecule has 0 saturated carbocycles. The second-order valence-corrected chi connectivity index (χ2v) is 6.16. The van der Waals surface area contributed by atoms with Crippen molar-refractivity contribution in [2.75, 3.05) is 23.3 Å². The molecular weight excluding hydrogens is 354 g/mol. The van der Waals surface area contributed by atoms with Crippen LogP contribution >= 0.6 is 27.5 Å². The third-order valence-electron chi connectivity index (χ3n) is 3.35. The van der Waals surface area contributed by atoms with Gasteiger partial charge in [0.05, 0.1) is 0 Å². The summed E-state index contributed by atoms with van der Waals surface area (Å²) in [6, 6.07) is 8.10. The number of hydrogen-bond donors (Lipinski definition) is 1. The third-order valence-corrected chi connectivity index (χ3v) is 4.05. The Labute approximate surface area is 136 Å². The quantitative estimate of drug-likeness (QED) is 0.895. The van der Waals surface area contributed by atoms with Crippen LogP contribution in [-0.4, -0.2) is 28.0 Å². The van der Waals surface area contributed by atoms with Crippen LogP contribution in [0.3, 0.4) is 0 Å². The van der Waals surface area contributed by atoms with E-state index in [0.717, 1.165) is 23.1 Å². The van der Waals surface area contributed by atoms with E-state index in [0.29, 0.717) is 18.4 Å². The van der Waals surface area contributed by atoms with Crippen molar-refractivity contribution in [1.82, 2.24) is 15.0 Å². The zero-order chi connectivity index (χ0) is 14.7. The first kappa shape index (κ1) is 14.5. The van der Waals surface area contributed by atoms with Gasteiger partial charge in [-0.25, -0.2) is 0 Å². The van der Waals surface area contributed by atoms with Crippen molar-refractivity contribution >= 4 is 39.4 Å². The SMILES string of the molecule is Clc1nc(NCc2ccc(Br)cc2)nc(N2CCCC2)n1. The van der Waals surface area contributed by atoms with E-state index in [9.17, 15) is 0 Å². The molecule has 3 rings (SSSR count). The van der Waals surface area contributed by atoms with Crippen LogP contribution in [0.2, 0.25) is 5.28 Å². The van der Waals surface area contributed by atoms with Crippen molar-refractivity contribution in [3.63, 3.8) is 0 Å². The Morgan fingerprint density at radius 1 is 1.10 bits per heavy atom. The number of rotatable bonds is 4. The maximum Gasteiger partial charge on any atom is 0.231 e. The van der Waals surface area contributed by atoms with E-state index in [4.69, 9.17) is 11.6 Å². The average molecular weight is 369 g/mol. The fraction of sp³-hybridized carbons (Fsp3) is 0.357. The molecule has 1 N–H and O–H groups in total. The van der Waals surface area contributed by atoms with E-state index in [1.54, 1.807) is 0 Å². The zero-order valence-corrected chi connectivity index (χ0v) is 13.7. The summed E-state index contributed by atoms with van der Waals surface area (Å²) in [5.74, 6) is 1.17. The summed E-state index contributed by atoms with van der Waals surface area (Å²) in [6.07, 6.45) is 2.34. The van der Waals surface area contributed by atoms with Gasteiger partial charge in [0.25, 0.3) is 0 Å². The molecule has 1 aromatic carbocycles. The van der Waals surface area contributed by atoms with E-state index in [1.165, 1.54) is 12.8 Å². The van der Waals surface area contributed by atoms with E-state index in [2.05, 4.69) is 41.1 Å². The molecule has 0 unspecified atom stereocenters. The summed E-state index contributed by atoms with van der Waals surface area (Å²) >= 11 is 9.42. The topological polar surface area (TPSA) is 53.9 Å². The standard InChI is InChI=1S/C14H15BrClN5/c15-11-5-3-10(4-6-11)9-17-13-18-12(16)19-14(20-13)21-7-1-2-8-21/h3-6H,1-2,7-9H2,(H,17,18,19,20). The van der Waals surface area contributed by atoms with Crippen LogP contribution in [0.15, 0.2) is 28.7 Å². The first-order chi connectivity index (χ1) is 10.2. The molecule has 1 aromatic heterocycles. The van der Waals surface area contributed by atoms with Crippen molar-refractivity contribution in [3.8, 4) is 0 Å². The van der Waals surface area contributed by atoms with Gasteiger partial charge in [-0.2, -0.15) is 15.0 Å². The van der Waals surface area contributed by atoms with Crippen LogP contribution in [-0.2, 0) is 6.54 Å². The monoisotopic (exact) mass is 367 g/mol. The predicted molar refractivity (Wildman–Crippen MR) is 87.8 cm³/mol. The average Bonchev–Trinajstić information content (AvgIpc) is 3.00. The van der Waals surface area contributed by atoms with Gasteiger partial charge >= 0.3 is 0 Å². The van der Waals surface area contributed by atoms with Gasteiger partial charge in [-0.3, -0.25) is 0 Å². The van der Waals surface area contributed by atoms with Crippen molar-refractivity contribution in [3.05, 3.63) is 39.6 Å². The molecule has 0 radical (unpaired) electrons. The number of halogens is 2. The van der Waals surface area contributed by atoms with Crippen molar-refractivity contribution in [2.45, 2.75) is 19.4 Å². The van der Waals surface area contributed by atoms with Gasteiger partial charge in [-0.05, 0) is 42.1 Å². The molecule has 110 valence electrons. The third kappa shape index (κ3) is 3.83. The number of aromatic nitrogens is 3. The number of nitrogens with zero attached hydrogens (tertiary/aromatic N) is 4. The smallest absolute Gasteiger partial charge is 0.231 e. The van der Waals surface area contributed by atoms with Crippen LogP contribution in [0.1, 0.15) is 18.4 Å². The molecule has 5 nitrogen and oxygen atoms in total. The molecule has 1 saturated heterocycles. The van der Waals surface area contributed by atoms with Crippen LogP contribution in [0.4, 0.5) is 11.9 Å². The van der Waals surface area contributed by atoms with Crippen LogP contribution in [0, 0.1) is 0 Å². The Morgan fingerprint density at radius 3 is 2.52 bits per heavy atom. The molecule has 0 aliphatic carbocycles. The lowest BCUT2D eigenvalue weighted by molar-refractivity contribution is 0.876. The van der Waals surface area contributed by atoms with Crippen molar-refractivity contribution < 1.29 is 0 Å². The van der Waals surface area contributed by atoms with Gasteiger partial charge < -0.3 is 10.2 Å². The minimum absolute atomic E-state index is 0.227. The molecule has 1 aliphatic heterocycles. The highest BCUT2D eigenvalue weighted by molar-refractivity contribution is 9.10. The minimum Gasteiger partial charge on any atom is -0.350 e. The molecule has 0 bridgehead atoms. The first-order valence-corrected chi connectivity index (χ1v) is 8.03. The summed E-state index contributed by atoms with van der Waals surface area (Å²) < 4.78 is 1.06. The minimum atomic E-state index is 0.227. The maximum absolute atomic E-state index is 6.00. The fourth-order valence-corrected chi connectivity index (χ4v) is 2.68. The molecule has 2 aromatic rings. The normalized spacial score (nSPS) is 14.5. The lowest BCUT2D eigenvalue weighted by atomic mass is 10.2. The molecule has 0 atom stereocenters. The van der Waals surface area contributed by atoms with Gasteiger partial charge in [0.2, 0.25) is 17.2 Å². The van der Waals surface area contributed by atoms with Gasteiger partial charge in [0.15, 0.2) is 0 Å². The molecule has 1 fully saturated rings. The molecule has 2 heterocycles. The van der Waals surface area contributed by atoms with Gasteiger partial charge in [0.1, 0.15) is 0 Å². The van der Waals surface area contributed by atoms with Crippen LogP contribution in [0.5, 0.6) is 0 Å². The summed E-state index contributed by atoms with van der Waals surface area (Å²) in [5, 5.41) is 3.42. The zero-order valence-electron chi connectivity index (χ0n) is 11.4. The van der Waals surface area contributed by atoms with E-state index < -0.39 is 0 Å². The van der Waals surface area contributed by atoms with Gasteiger partial charge in [-0.15, -0.1) is 0 Å². The van der Waals surface area contributed by atoms with Crippen molar-refractivity contribution in [2.24, 2.45) is 0 Å². The molecule has 21 heavy (non-hydrogen) atoms. The Hall–Kier alpha value is -1.40. The Balaban J connectivity index is 1.71. The highest BCUT2D eigenvalue weighted by Gasteiger charge is 2.16. The number of nitrogens with one attached hydrogen (secondary N) is 1. The summed E-state index contributed by atoms with van der Waals surface area (Å²) in [5.41, 5.74) is 1.15. The molecule has 1 aliphatic rings. The van der Waals surface area contributed by atoms with Crippen LogP contribution in [0.25, 0.3) is 0 Å². The Bertz CT molecular complexity index is 613. The lowest BCUT2D eigenvalue weighted by Gasteiger charge is -2.15. The summed E-state index contributed by atoms with van der Waals surface area (Å²) in [6.45, 7) is 2.60. The molecule has 7 heteroatoms. The van der Waals surface area contributed by atoms with Gasteiger partial charge in [-0.1, -0.05) is 28.1 Å². The fourth-order valence-electron chi connectivity index (χ4n) is 2.26. The van der Waals surface area contributed by atoms with E-state index >= 15 is 0 Å². The summed E-state index contributed by atoms with van der Waals surface area (Å²) in [7, 11) is 0. The highest BCUT2D eigenvalue weighted by atomic mass is 79.9. The Morgan fingerprint density at radius 2 is 1.81 bits per heavy atom. The highest BCUT2D eigenvalue weighted by Crippen LogP contribution is 2.19.